The van der Waals surface area contributed by atoms with Crippen LogP contribution in [0.3, 0.4) is 0 Å². The van der Waals surface area contributed by atoms with Gasteiger partial charge in [-0.15, -0.1) is 0 Å². The van der Waals surface area contributed by atoms with Gasteiger partial charge in [0.05, 0.1) is 12.2 Å². The fourth-order valence-corrected chi connectivity index (χ4v) is 3.32. The largest absolute Gasteiger partial charge is 0.356 e. The Morgan fingerprint density at radius 1 is 1.36 bits per heavy atom. The van der Waals surface area contributed by atoms with Gasteiger partial charge in [-0.2, -0.15) is 0 Å². The SMILES string of the molecule is O=C(NCCCn1ccnc1)C1CCCN(Cc2ccccc2F)C1. The molecule has 3 rings (SSSR count). The monoisotopic (exact) mass is 344 g/mol. The first-order chi connectivity index (χ1) is 12.2. The van der Waals surface area contributed by atoms with Crippen LogP contribution < -0.4 is 5.32 Å². The minimum Gasteiger partial charge on any atom is -0.356 e. The van der Waals surface area contributed by atoms with Crippen molar-refractivity contribution in [2.24, 2.45) is 5.92 Å². The highest BCUT2D eigenvalue weighted by molar-refractivity contribution is 5.78. The summed E-state index contributed by atoms with van der Waals surface area (Å²) < 4.78 is 15.8. The molecular formula is C19H25FN4O. The molecule has 1 aliphatic rings. The maximum Gasteiger partial charge on any atom is 0.224 e. The van der Waals surface area contributed by atoms with Gasteiger partial charge < -0.3 is 9.88 Å². The minimum atomic E-state index is -0.173. The Morgan fingerprint density at radius 3 is 3.04 bits per heavy atom. The summed E-state index contributed by atoms with van der Waals surface area (Å²) in [7, 11) is 0. The Balaban J connectivity index is 1.42. The van der Waals surface area contributed by atoms with E-state index in [1.807, 2.05) is 22.9 Å². The Kier molecular flexibility index (Phi) is 6.17. The van der Waals surface area contributed by atoms with Crippen LogP contribution >= 0.6 is 0 Å². The Hall–Kier alpha value is -2.21. The predicted octanol–water partition coefficient (Wildman–Crippen LogP) is 2.44. The lowest BCUT2D eigenvalue weighted by atomic mass is 9.96. The van der Waals surface area contributed by atoms with E-state index < -0.39 is 0 Å². The highest BCUT2D eigenvalue weighted by Gasteiger charge is 2.25. The molecule has 0 spiro atoms. The van der Waals surface area contributed by atoms with Gasteiger partial charge in [-0.05, 0) is 31.9 Å². The molecule has 1 saturated heterocycles. The third kappa shape index (κ3) is 5.13. The standard InChI is InChI=1S/C19H25FN4O/c20-18-7-2-1-5-16(18)13-24-10-3-6-17(14-24)19(25)22-8-4-11-23-12-9-21-15-23/h1-2,5,7,9,12,15,17H,3-4,6,8,10-11,13-14H2,(H,22,25). The van der Waals surface area contributed by atoms with Crippen LogP contribution in [0.4, 0.5) is 4.39 Å². The van der Waals surface area contributed by atoms with E-state index in [9.17, 15) is 9.18 Å². The van der Waals surface area contributed by atoms with Crippen molar-refractivity contribution in [3.63, 3.8) is 0 Å². The third-order valence-corrected chi connectivity index (χ3v) is 4.68. The van der Waals surface area contributed by atoms with Crippen LogP contribution in [-0.4, -0.2) is 40.0 Å². The van der Waals surface area contributed by atoms with Gasteiger partial charge >= 0.3 is 0 Å². The Bertz CT molecular complexity index is 674. The summed E-state index contributed by atoms with van der Waals surface area (Å²) in [5.74, 6) is -0.0637. The molecule has 0 radical (unpaired) electrons. The number of amides is 1. The van der Waals surface area contributed by atoms with Crippen molar-refractivity contribution in [1.82, 2.24) is 19.8 Å². The average Bonchev–Trinajstić information content (AvgIpc) is 3.14. The lowest BCUT2D eigenvalue weighted by Crippen LogP contribution is -2.43. The van der Waals surface area contributed by atoms with Crippen LogP contribution in [-0.2, 0) is 17.9 Å². The molecule has 134 valence electrons. The van der Waals surface area contributed by atoms with E-state index in [2.05, 4.69) is 15.2 Å². The molecule has 1 aliphatic heterocycles. The molecule has 6 heteroatoms. The molecule has 1 amide bonds. The van der Waals surface area contributed by atoms with Crippen LogP contribution in [0.1, 0.15) is 24.8 Å². The summed E-state index contributed by atoms with van der Waals surface area (Å²) in [6.45, 7) is 3.70. The zero-order chi connectivity index (χ0) is 17.5. The zero-order valence-electron chi connectivity index (χ0n) is 14.4. The van der Waals surface area contributed by atoms with E-state index in [4.69, 9.17) is 0 Å². The van der Waals surface area contributed by atoms with E-state index >= 15 is 0 Å². The summed E-state index contributed by atoms with van der Waals surface area (Å²) in [6.07, 6.45) is 8.22. The van der Waals surface area contributed by atoms with E-state index in [-0.39, 0.29) is 17.6 Å². The number of imidazole rings is 1. The molecule has 25 heavy (non-hydrogen) atoms. The number of rotatable bonds is 7. The first-order valence-electron chi connectivity index (χ1n) is 8.91. The average molecular weight is 344 g/mol. The van der Waals surface area contributed by atoms with Crippen LogP contribution in [0.15, 0.2) is 43.0 Å². The van der Waals surface area contributed by atoms with Crippen molar-refractivity contribution >= 4 is 5.91 Å². The zero-order valence-corrected chi connectivity index (χ0v) is 14.4. The van der Waals surface area contributed by atoms with Crippen LogP contribution in [0.25, 0.3) is 0 Å². The van der Waals surface area contributed by atoms with Gasteiger partial charge in [-0.1, -0.05) is 18.2 Å². The van der Waals surface area contributed by atoms with Gasteiger partial charge in [0, 0.05) is 44.1 Å². The maximum atomic E-state index is 13.8. The topological polar surface area (TPSA) is 50.2 Å². The smallest absolute Gasteiger partial charge is 0.224 e. The summed E-state index contributed by atoms with van der Waals surface area (Å²) in [4.78, 5) is 18.6. The second-order valence-corrected chi connectivity index (χ2v) is 6.61. The number of hydrogen-bond acceptors (Lipinski definition) is 3. The van der Waals surface area contributed by atoms with Crippen molar-refractivity contribution in [3.8, 4) is 0 Å². The van der Waals surface area contributed by atoms with Crippen molar-refractivity contribution in [1.29, 1.82) is 0 Å². The van der Waals surface area contributed by atoms with Crippen LogP contribution in [0.2, 0.25) is 0 Å². The van der Waals surface area contributed by atoms with E-state index in [0.29, 0.717) is 25.2 Å². The minimum absolute atomic E-state index is 0.00577. The maximum absolute atomic E-state index is 13.8. The molecule has 1 aromatic carbocycles. The highest BCUT2D eigenvalue weighted by Crippen LogP contribution is 2.19. The van der Waals surface area contributed by atoms with Crippen molar-refractivity contribution < 1.29 is 9.18 Å². The molecule has 0 bridgehead atoms. The lowest BCUT2D eigenvalue weighted by Gasteiger charge is -2.32. The molecule has 0 aliphatic carbocycles. The molecule has 5 nitrogen and oxygen atoms in total. The van der Waals surface area contributed by atoms with Gasteiger partial charge in [0.1, 0.15) is 5.82 Å². The lowest BCUT2D eigenvalue weighted by molar-refractivity contribution is -0.126. The first kappa shape index (κ1) is 17.6. The van der Waals surface area contributed by atoms with Crippen molar-refractivity contribution in [3.05, 3.63) is 54.4 Å². The van der Waals surface area contributed by atoms with Gasteiger partial charge in [0.25, 0.3) is 0 Å². The molecule has 2 aromatic rings. The first-order valence-corrected chi connectivity index (χ1v) is 8.91. The van der Waals surface area contributed by atoms with E-state index in [1.54, 1.807) is 18.6 Å². The highest BCUT2D eigenvalue weighted by atomic mass is 19.1. The predicted molar refractivity (Wildman–Crippen MR) is 94.3 cm³/mol. The number of nitrogens with zero attached hydrogens (tertiary/aromatic N) is 3. The van der Waals surface area contributed by atoms with Crippen molar-refractivity contribution in [2.45, 2.75) is 32.4 Å². The number of halogens is 1. The van der Waals surface area contributed by atoms with E-state index in [1.165, 1.54) is 6.07 Å². The molecule has 1 aromatic heterocycles. The number of hydrogen-bond donors (Lipinski definition) is 1. The van der Waals surface area contributed by atoms with Gasteiger partial charge in [0.2, 0.25) is 5.91 Å². The summed E-state index contributed by atoms with van der Waals surface area (Å²) >= 11 is 0. The Morgan fingerprint density at radius 2 is 2.24 bits per heavy atom. The molecule has 1 atom stereocenters. The number of carbonyl (C=O) groups excluding carboxylic acids is 1. The number of aryl methyl sites for hydroxylation is 1. The summed E-state index contributed by atoms with van der Waals surface area (Å²) in [6, 6.07) is 6.86. The number of benzene rings is 1. The Labute approximate surface area is 147 Å². The van der Waals surface area contributed by atoms with E-state index in [0.717, 1.165) is 32.4 Å². The molecule has 1 N–H and O–H groups in total. The third-order valence-electron chi connectivity index (χ3n) is 4.68. The van der Waals surface area contributed by atoms with Gasteiger partial charge in [-0.3, -0.25) is 9.69 Å². The normalized spacial score (nSPS) is 18.2. The molecule has 1 fully saturated rings. The number of carbonyl (C=O) groups is 1. The number of nitrogens with one attached hydrogen (secondary N) is 1. The number of aromatic nitrogens is 2. The molecule has 0 saturated carbocycles. The second kappa shape index (κ2) is 8.76. The summed E-state index contributed by atoms with van der Waals surface area (Å²) in [5.41, 5.74) is 0.698. The van der Waals surface area contributed by atoms with Gasteiger partial charge in [-0.25, -0.2) is 9.37 Å². The second-order valence-electron chi connectivity index (χ2n) is 6.61. The quantitative estimate of drug-likeness (QED) is 0.785. The van der Waals surface area contributed by atoms with Gasteiger partial charge in [0.15, 0.2) is 0 Å². The molecule has 1 unspecified atom stereocenters. The van der Waals surface area contributed by atoms with Crippen LogP contribution in [0.5, 0.6) is 0 Å². The summed E-state index contributed by atoms with van der Waals surface area (Å²) in [5, 5.41) is 3.04. The molecular weight excluding hydrogens is 319 g/mol. The molecule has 2 heterocycles. The fourth-order valence-electron chi connectivity index (χ4n) is 3.32. The number of likely N-dealkylation sites (tertiary alicyclic amines) is 1. The van der Waals surface area contributed by atoms with Crippen LogP contribution in [0, 0.1) is 11.7 Å². The number of piperidine rings is 1. The van der Waals surface area contributed by atoms with Crippen molar-refractivity contribution in [2.75, 3.05) is 19.6 Å². The fraction of sp³-hybridized carbons (Fsp3) is 0.474.